The summed E-state index contributed by atoms with van der Waals surface area (Å²) in [7, 11) is -0.495. The van der Waals surface area contributed by atoms with Crippen molar-refractivity contribution in [3.05, 3.63) is 0 Å². The lowest BCUT2D eigenvalue weighted by molar-refractivity contribution is 0.912. The van der Waals surface area contributed by atoms with Crippen molar-refractivity contribution in [2.24, 2.45) is 0 Å². The first kappa shape index (κ1) is 4.90. The lowest BCUT2D eigenvalue weighted by Gasteiger charge is -1.94. The molecule has 0 aromatic carbocycles. The summed E-state index contributed by atoms with van der Waals surface area (Å²) in [6, 6.07) is 0. The van der Waals surface area contributed by atoms with Crippen LogP contribution in [0.1, 0.15) is 0 Å². The lowest BCUT2D eigenvalue weighted by atomic mass is 11.9. The van der Waals surface area contributed by atoms with E-state index in [0.29, 0.717) is 0 Å². The molecule has 0 saturated carbocycles. The van der Waals surface area contributed by atoms with E-state index < -0.39 is 10.4 Å². The van der Waals surface area contributed by atoms with Gasteiger partial charge in [0.2, 0.25) is 0 Å². The minimum absolute atomic E-state index is 0.495. The normalized spacial score (nSPS) is 44.8. The van der Waals surface area contributed by atoms with Crippen LogP contribution in [0.4, 0.5) is 0 Å². The Balaban J connectivity index is 2.41. The topological polar surface area (TPSA) is 25.0 Å². The molecule has 1 rings (SSSR count). The first-order valence-electron chi connectivity index (χ1n) is 1.60. The zero-order valence-corrected chi connectivity index (χ0v) is 6.14. The minimum atomic E-state index is -0.495. The maximum absolute atomic E-state index is 3.26. The van der Waals surface area contributed by atoms with Crippen molar-refractivity contribution in [2.45, 2.75) is 0 Å². The van der Waals surface area contributed by atoms with E-state index >= 15 is 0 Å². The van der Waals surface area contributed by atoms with Crippen molar-refractivity contribution in [1.29, 1.82) is 0 Å². The molecule has 1 atom stereocenters. The number of halogens is 1. The van der Waals surface area contributed by atoms with Gasteiger partial charge in [0.05, 0.1) is 0 Å². The van der Waals surface area contributed by atoms with Crippen LogP contribution >= 0.6 is 26.5 Å². The molecule has 0 aromatic rings. The van der Waals surface area contributed by atoms with Crippen molar-refractivity contribution in [1.82, 2.24) is 8.27 Å². The molecule has 1 aliphatic rings. The van der Waals surface area contributed by atoms with Gasteiger partial charge in [-0.1, -0.05) is 10.4 Å². The van der Waals surface area contributed by atoms with Gasteiger partial charge >= 0.3 is 0 Å². The quantitative estimate of drug-likeness (QED) is 0.434. The molecule has 0 aromatic heterocycles. The molecule has 0 amide bonds. The Bertz CT molecular complexity index is 73.9. The number of rotatable bonds is 0. The predicted molar refractivity (Wildman–Crippen MR) is 33.3 cm³/mol. The number of nitrogens with one attached hydrogen (secondary N) is 1. The molecule has 38 valence electrons. The van der Waals surface area contributed by atoms with Crippen molar-refractivity contribution in [3.63, 3.8) is 0 Å². The highest BCUT2D eigenvalue weighted by Crippen LogP contribution is 2.55. The fraction of sp³-hybridized carbons (Fsp3) is 1.00. The van der Waals surface area contributed by atoms with Gasteiger partial charge in [-0.25, -0.2) is 0 Å². The number of hydrogen-bond acceptors (Lipinski definition) is 2. The molecule has 2 nitrogen and oxygen atoms in total. The van der Waals surface area contributed by atoms with Crippen molar-refractivity contribution in [3.8, 4) is 0 Å². The fourth-order valence-electron chi connectivity index (χ4n) is 0.159. The van der Waals surface area contributed by atoms with Gasteiger partial charge in [0, 0.05) is 16.1 Å². The van der Waals surface area contributed by atoms with Gasteiger partial charge in [-0.2, -0.15) is 4.83 Å². The molecule has 1 heterocycles. The Morgan fingerprint density at radius 3 is 1.83 bits per heavy atom. The van der Waals surface area contributed by atoms with Crippen LogP contribution in [0.15, 0.2) is 0 Å². The van der Waals surface area contributed by atoms with Gasteiger partial charge in [-0.15, -0.1) is 3.44 Å². The Morgan fingerprint density at radius 2 is 1.83 bits per heavy atom. The highest BCUT2D eigenvalue weighted by Gasteiger charge is 2.35. The average Bonchev–Trinajstić information content (AvgIpc) is 1.73. The van der Waals surface area contributed by atoms with Gasteiger partial charge in [-0.05, 0) is 12.5 Å². The third-order valence-corrected chi connectivity index (χ3v) is 4.60. The predicted octanol–water partition coefficient (Wildman–Crippen LogP) is 1.01. The minimum Gasteiger partial charge on any atom is -0.183 e. The molecule has 1 saturated heterocycles. The average molecular weight is 171 g/mol. The Hall–Kier alpha value is 0.750. The van der Waals surface area contributed by atoms with Crippen LogP contribution < -0.4 is 4.83 Å². The largest absolute Gasteiger partial charge is 0.183 e. The van der Waals surface area contributed by atoms with E-state index in [-0.39, 0.29) is 0 Å². The van der Waals surface area contributed by atoms with Gasteiger partial charge in [0.15, 0.2) is 0 Å². The van der Waals surface area contributed by atoms with E-state index in [0.717, 1.165) is 0 Å². The van der Waals surface area contributed by atoms with Gasteiger partial charge in [0.1, 0.15) is 0 Å². The summed E-state index contributed by atoms with van der Waals surface area (Å²) in [5.74, 6) is 0. The molecule has 1 fully saturated rings. The van der Waals surface area contributed by atoms with Crippen LogP contribution in [0.2, 0.25) is 0 Å². The van der Waals surface area contributed by atoms with E-state index in [1.165, 1.54) is 0 Å². The molecule has 4 heteroatoms. The first-order valence-corrected chi connectivity index (χ1v) is 4.71. The SMILES string of the molecule is CS1(C)NN1Br. The van der Waals surface area contributed by atoms with Crippen LogP contribution in [-0.4, -0.2) is 16.0 Å². The standard InChI is InChI=1S/C2H7BrN2S/c1-6(2)4-5(6)3/h4H,1-2H3. The maximum Gasteiger partial charge on any atom is 0.0419 e. The summed E-state index contributed by atoms with van der Waals surface area (Å²) >= 11 is 3.26. The second-order valence-electron chi connectivity index (χ2n) is 1.61. The molecule has 0 spiro atoms. The molecular formula is C2H7BrN2S. The van der Waals surface area contributed by atoms with Crippen LogP contribution in [0.5, 0.6) is 0 Å². The smallest absolute Gasteiger partial charge is 0.0419 e. The summed E-state index contributed by atoms with van der Waals surface area (Å²) in [4.78, 5) is 3.10. The molecular weight excluding hydrogens is 164 g/mol. The highest BCUT2D eigenvalue weighted by atomic mass is 79.9. The second-order valence-corrected chi connectivity index (χ2v) is 5.88. The van der Waals surface area contributed by atoms with Crippen molar-refractivity contribution >= 4 is 26.5 Å². The summed E-state index contributed by atoms with van der Waals surface area (Å²) in [5, 5.41) is 0. The third kappa shape index (κ3) is 0.703. The van der Waals surface area contributed by atoms with Gasteiger partial charge < -0.3 is 0 Å². The number of hydrazine groups is 1. The second kappa shape index (κ2) is 1.12. The van der Waals surface area contributed by atoms with E-state index in [1.54, 1.807) is 0 Å². The molecule has 0 aliphatic carbocycles. The van der Waals surface area contributed by atoms with E-state index in [9.17, 15) is 0 Å². The molecule has 1 unspecified atom stereocenters. The van der Waals surface area contributed by atoms with E-state index in [1.807, 2.05) is 3.44 Å². The third-order valence-electron chi connectivity index (χ3n) is 0.663. The van der Waals surface area contributed by atoms with Crippen molar-refractivity contribution < 1.29 is 0 Å². The van der Waals surface area contributed by atoms with Crippen LogP contribution in [0, 0.1) is 0 Å². The molecule has 6 heavy (non-hydrogen) atoms. The molecule has 0 radical (unpaired) electrons. The molecule has 1 N–H and O–H groups in total. The zero-order valence-electron chi connectivity index (χ0n) is 3.73. The number of hydrogen-bond donors (Lipinski definition) is 1. The Kier molecular flexibility index (Phi) is 0.916. The van der Waals surface area contributed by atoms with Gasteiger partial charge in [0.25, 0.3) is 0 Å². The Morgan fingerprint density at radius 1 is 1.67 bits per heavy atom. The van der Waals surface area contributed by atoms with E-state index in [2.05, 4.69) is 33.5 Å². The maximum atomic E-state index is 3.26. The van der Waals surface area contributed by atoms with Crippen LogP contribution in [-0.2, 0) is 0 Å². The van der Waals surface area contributed by atoms with Crippen LogP contribution in [0.3, 0.4) is 0 Å². The van der Waals surface area contributed by atoms with E-state index in [4.69, 9.17) is 0 Å². The fourth-order valence-corrected chi connectivity index (χ4v) is 1.99. The summed E-state index contributed by atoms with van der Waals surface area (Å²) in [6.07, 6.45) is 4.34. The van der Waals surface area contributed by atoms with Crippen LogP contribution in [0.25, 0.3) is 0 Å². The molecule has 1 aliphatic heterocycles. The lowest BCUT2D eigenvalue weighted by Crippen LogP contribution is -1.71. The monoisotopic (exact) mass is 170 g/mol. The Labute approximate surface area is 47.8 Å². The zero-order chi connectivity index (χ0) is 4.78. The van der Waals surface area contributed by atoms with Gasteiger partial charge in [-0.3, -0.25) is 0 Å². The summed E-state index contributed by atoms with van der Waals surface area (Å²) in [6.45, 7) is 0. The number of nitrogens with zero attached hydrogens (tertiary/aromatic N) is 1. The van der Waals surface area contributed by atoms with Crippen molar-refractivity contribution in [2.75, 3.05) is 12.5 Å². The highest BCUT2D eigenvalue weighted by molar-refractivity contribution is 9.10. The molecule has 0 bridgehead atoms. The summed E-state index contributed by atoms with van der Waals surface area (Å²) < 4.78 is 1.96. The summed E-state index contributed by atoms with van der Waals surface area (Å²) in [5.41, 5.74) is 0. The first-order chi connectivity index (χ1) is 2.63.